The molecule has 2 nitrogen and oxygen atoms in total. The fourth-order valence-electron chi connectivity index (χ4n) is 1.08. The molecule has 0 N–H and O–H groups in total. The Kier molecular flexibility index (Phi) is 7.69. The predicted octanol–water partition coefficient (Wildman–Crippen LogP) is 3.98. The van der Waals surface area contributed by atoms with Gasteiger partial charge in [-0.3, -0.25) is 4.79 Å². The van der Waals surface area contributed by atoms with Gasteiger partial charge in [-0.05, 0) is 45.6 Å². The molecule has 0 amide bonds. The molecule has 0 aliphatic carbocycles. The zero-order valence-electron chi connectivity index (χ0n) is 10.3. The van der Waals surface area contributed by atoms with Crippen LogP contribution in [0.2, 0.25) is 0 Å². The number of hydrogen-bond acceptors (Lipinski definition) is 2. The fourth-order valence-corrected chi connectivity index (χ4v) is 1.08. The third-order valence-electron chi connectivity index (χ3n) is 2.01. The minimum Gasteiger partial charge on any atom is -0.435 e. The molecular formula is C13H22O2. The van der Waals surface area contributed by atoms with Crippen LogP contribution in [0.25, 0.3) is 0 Å². The number of ether oxygens (including phenoxy) is 1. The van der Waals surface area contributed by atoms with Crippen LogP contribution in [0.15, 0.2) is 23.5 Å². The van der Waals surface area contributed by atoms with E-state index in [0.29, 0.717) is 6.42 Å². The van der Waals surface area contributed by atoms with Gasteiger partial charge in [0.25, 0.3) is 0 Å². The Bertz CT molecular complexity index is 245. The first-order chi connectivity index (χ1) is 7.06. The molecule has 0 saturated carbocycles. The standard InChI is InChI=1S/C13H22O2/c1-5-13(14)15-10-12(4)9-7-6-8-11(2)3/h8,10H,5-7,9H2,1-4H3/b12-10+. The summed E-state index contributed by atoms with van der Waals surface area (Å²) in [5, 5.41) is 0. The highest BCUT2D eigenvalue weighted by atomic mass is 16.5. The number of allylic oxidation sites excluding steroid dienone is 3. The maximum atomic E-state index is 10.9. The summed E-state index contributed by atoms with van der Waals surface area (Å²) in [6.45, 7) is 7.99. The molecule has 0 atom stereocenters. The Morgan fingerprint density at radius 3 is 2.47 bits per heavy atom. The Hall–Kier alpha value is -1.05. The highest BCUT2D eigenvalue weighted by molar-refractivity contribution is 5.69. The van der Waals surface area contributed by atoms with Crippen LogP contribution in [0.3, 0.4) is 0 Å². The largest absolute Gasteiger partial charge is 0.435 e. The summed E-state index contributed by atoms with van der Waals surface area (Å²) in [5.41, 5.74) is 2.48. The highest BCUT2D eigenvalue weighted by Gasteiger charge is 1.96. The average Bonchev–Trinajstić information content (AvgIpc) is 2.20. The van der Waals surface area contributed by atoms with Crippen LogP contribution < -0.4 is 0 Å². The molecule has 0 aromatic heterocycles. The number of esters is 1. The summed E-state index contributed by atoms with van der Waals surface area (Å²) in [6, 6.07) is 0. The molecule has 0 unspecified atom stereocenters. The third kappa shape index (κ3) is 9.26. The Labute approximate surface area is 93.0 Å². The zero-order chi connectivity index (χ0) is 11.7. The molecule has 0 aliphatic heterocycles. The van der Waals surface area contributed by atoms with E-state index >= 15 is 0 Å². The van der Waals surface area contributed by atoms with Crippen molar-refractivity contribution in [3.63, 3.8) is 0 Å². The van der Waals surface area contributed by atoms with Crippen molar-refractivity contribution in [2.75, 3.05) is 0 Å². The van der Waals surface area contributed by atoms with Gasteiger partial charge in [0, 0.05) is 6.42 Å². The average molecular weight is 210 g/mol. The van der Waals surface area contributed by atoms with Gasteiger partial charge in [0.05, 0.1) is 6.26 Å². The SMILES string of the molecule is CCC(=O)O/C=C(\C)CCCC=C(C)C. The molecule has 0 fully saturated rings. The predicted molar refractivity (Wildman–Crippen MR) is 63.4 cm³/mol. The molecule has 0 bridgehead atoms. The molecule has 0 radical (unpaired) electrons. The molecule has 15 heavy (non-hydrogen) atoms. The van der Waals surface area contributed by atoms with E-state index in [1.54, 1.807) is 13.2 Å². The van der Waals surface area contributed by atoms with Gasteiger partial charge in [0.2, 0.25) is 0 Å². The number of carbonyl (C=O) groups excluding carboxylic acids is 1. The summed E-state index contributed by atoms with van der Waals surface area (Å²) in [6.07, 6.45) is 7.43. The summed E-state index contributed by atoms with van der Waals surface area (Å²) in [4.78, 5) is 10.9. The van der Waals surface area contributed by atoms with Crippen molar-refractivity contribution < 1.29 is 9.53 Å². The van der Waals surface area contributed by atoms with E-state index in [-0.39, 0.29) is 5.97 Å². The fraction of sp³-hybridized carbons (Fsp3) is 0.615. The minimum absolute atomic E-state index is 0.168. The van der Waals surface area contributed by atoms with Gasteiger partial charge in [-0.1, -0.05) is 18.6 Å². The van der Waals surface area contributed by atoms with Crippen LogP contribution >= 0.6 is 0 Å². The zero-order valence-corrected chi connectivity index (χ0v) is 10.3. The second-order valence-electron chi connectivity index (χ2n) is 3.98. The highest BCUT2D eigenvalue weighted by Crippen LogP contribution is 2.08. The smallest absolute Gasteiger partial charge is 0.310 e. The molecule has 86 valence electrons. The van der Waals surface area contributed by atoms with E-state index < -0.39 is 0 Å². The summed E-state index contributed by atoms with van der Waals surface area (Å²) in [7, 11) is 0. The van der Waals surface area contributed by atoms with Crippen molar-refractivity contribution in [1.29, 1.82) is 0 Å². The molecule has 0 aromatic rings. The van der Waals surface area contributed by atoms with Crippen LogP contribution in [-0.2, 0) is 9.53 Å². The summed E-state index contributed by atoms with van der Waals surface area (Å²) in [5.74, 6) is -0.168. The lowest BCUT2D eigenvalue weighted by Gasteiger charge is -2.00. The lowest BCUT2D eigenvalue weighted by molar-refractivity contribution is -0.137. The summed E-state index contributed by atoms with van der Waals surface area (Å²) < 4.78 is 4.91. The van der Waals surface area contributed by atoms with E-state index in [4.69, 9.17) is 4.74 Å². The van der Waals surface area contributed by atoms with Crippen LogP contribution in [-0.4, -0.2) is 5.97 Å². The van der Waals surface area contributed by atoms with E-state index in [2.05, 4.69) is 19.9 Å². The van der Waals surface area contributed by atoms with Gasteiger partial charge in [-0.2, -0.15) is 0 Å². The molecule has 0 heterocycles. The van der Waals surface area contributed by atoms with Gasteiger partial charge in [0.15, 0.2) is 0 Å². The van der Waals surface area contributed by atoms with Gasteiger partial charge in [0.1, 0.15) is 0 Å². The maximum absolute atomic E-state index is 10.9. The first-order valence-corrected chi connectivity index (χ1v) is 5.54. The van der Waals surface area contributed by atoms with Crippen molar-refractivity contribution in [2.45, 2.75) is 53.4 Å². The van der Waals surface area contributed by atoms with Gasteiger partial charge in [-0.15, -0.1) is 0 Å². The van der Waals surface area contributed by atoms with Gasteiger partial charge >= 0.3 is 5.97 Å². The molecule has 0 aromatic carbocycles. The van der Waals surface area contributed by atoms with Crippen LogP contribution in [0.5, 0.6) is 0 Å². The summed E-state index contributed by atoms with van der Waals surface area (Å²) >= 11 is 0. The second-order valence-corrected chi connectivity index (χ2v) is 3.98. The monoisotopic (exact) mass is 210 g/mol. The van der Waals surface area contributed by atoms with Crippen molar-refractivity contribution in [1.82, 2.24) is 0 Å². The lowest BCUT2D eigenvalue weighted by atomic mass is 10.1. The number of hydrogen-bond donors (Lipinski definition) is 0. The van der Waals surface area contributed by atoms with Gasteiger partial charge < -0.3 is 4.74 Å². The van der Waals surface area contributed by atoms with E-state index in [9.17, 15) is 4.79 Å². The normalized spacial score (nSPS) is 11.1. The lowest BCUT2D eigenvalue weighted by Crippen LogP contribution is -1.96. The first kappa shape index (κ1) is 13.9. The number of carbonyl (C=O) groups is 1. The molecule has 0 rings (SSSR count). The first-order valence-electron chi connectivity index (χ1n) is 5.54. The van der Waals surface area contributed by atoms with E-state index in [1.165, 1.54) is 5.57 Å². The van der Waals surface area contributed by atoms with Crippen molar-refractivity contribution in [3.8, 4) is 0 Å². The van der Waals surface area contributed by atoms with Gasteiger partial charge in [-0.25, -0.2) is 0 Å². The van der Waals surface area contributed by atoms with Crippen LogP contribution in [0, 0.1) is 0 Å². The van der Waals surface area contributed by atoms with Crippen molar-refractivity contribution >= 4 is 5.97 Å². The van der Waals surface area contributed by atoms with Crippen molar-refractivity contribution in [3.05, 3.63) is 23.5 Å². The van der Waals surface area contributed by atoms with Crippen molar-refractivity contribution in [2.24, 2.45) is 0 Å². The molecule has 0 saturated heterocycles. The Morgan fingerprint density at radius 2 is 1.93 bits per heavy atom. The maximum Gasteiger partial charge on any atom is 0.310 e. The Morgan fingerprint density at radius 1 is 1.27 bits per heavy atom. The van der Waals surface area contributed by atoms with E-state index in [0.717, 1.165) is 24.8 Å². The molecule has 2 heteroatoms. The van der Waals surface area contributed by atoms with E-state index in [1.807, 2.05) is 6.92 Å². The number of unbranched alkanes of at least 4 members (excludes halogenated alkanes) is 1. The van der Waals surface area contributed by atoms with Crippen LogP contribution in [0.1, 0.15) is 53.4 Å². The second kappa shape index (κ2) is 8.27. The molecule has 0 spiro atoms. The topological polar surface area (TPSA) is 26.3 Å². The minimum atomic E-state index is -0.168. The third-order valence-corrected chi connectivity index (χ3v) is 2.01. The Balaban J connectivity index is 3.69. The quantitative estimate of drug-likeness (QED) is 0.287. The molecular weight excluding hydrogens is 188 g/mol. The van der Waals surface area contributed by atoms with Crippen LogP contribution in [0.4, 0.5) is 0 Å². The number of rotatable bonds is 6. The molecule has 0 aliphatic rings.